The van der Waals surface area contributed by atoms with Crippen molar-refractivity contribution < 1.29 is 38.6 Å². The molecule has 0 aromatic rings. The van der Waals surface area contributed by atoms with Crippen molar-refractivity contribution in [3.05, 3.63) is 0 Å². The molecule has 0 radical (unpaired) electrons. The van der Waals surface area contributed by atoms with Crippen molar-refractivity contribution in [1.82, 2.24) is 0 Å². The van der Waals surface area contributed by atoms with Crippen LogP contribution in [0, 0.1) is 0 Å². The first kappa shape index (κ1) is 21.0. The van der Waals surface area contributed by atoms with Crippen LogP contribution in [0.25, 0.3) is 0 Å². The Morgan fingerprint density at radius 1 is 0.680 bits per heavy atom. The van der Waals surface area contributed by atoms with E-state index in [0.29, 0.717) is 45.1 Å². The Bertz CT molecular complexity index is 324. The summed E-state index contributed by atoms with van der Waals surface area (Å²) in [6, 6.07) is 0. The number of hydrogen-bond acceptors (Lipinski definition) is 8. The SMILES string of the molecule is C1CC2OC2CO1.CO[C@@H]1COCC[C@H]1O.CO[C@H]1CCOC[C@@H]1O. The summed E-state index contributed by atoms with van der Waals surface area (Å²) in [7, 11) is 3.20. The molecule has 148 valence electrons. The molecule has 0 aromatic carbocycles. The van der Waals surface area contributed by atoms with Crippen molar-refractivity contribution in [3.63, 3.8) is 0 Å². The monoisotopic (exact) mass is 364 g/mol. The van der Waals surface area contributed by atoms with Crippen molar-refractivity contribution in [2.45, 2.75) is 55.9 Å². The Hall–Kier alpha value is -0.320. The van der Waals surface area contributed by atoms with Gasteiger partial charge in [0.2, 0.25) is 0 Å². The van der Waals surface area contributed by atoms with E-state index in [1.165, 1.54) is 0 Å². The third-order valence-corrected chi connectivity index (χ3v) is 4.66. The van der Waals surface area contributed by atoms with Crippen LogP contribution in [-0.4, -0.2) is 101 Å². The molecule has 0 saturated carbocycles. The van der Waals surface area contributed by atoms with E-state index in [1.807, 2.05) is 0 Å². The number of hydrogen-bond donors (Lipinski definition) is 2. The number of methoxy groups -OCH3 is 2. The molecule has 0 aromatic heterocycles. The molecule has 25 heavy (non-hydrogen) atoms. The van der Waals surface area contributed by atoms with Crippen molar-refractivity contribution in [2.24, 2.45) is 0 Å². The van der Waals surface area contributed by atoms with Gasteiger partial charge in [-0.15, -0.1) is 0 Å². The van der Waals surface area contributed by atoms with E-state index in [-0.39, 0.29) is 18.3 Å². The van der Waals surface area contributed by atoms with Crippen molar-refractivity contribution >= 4 is 0 Å². The predicted molar refractivity (Wildman–Crippen MR) is 88.6 cm³/mol. The Kier molecular flexibility index (Phi) is 9.57. The molecular formula is C17H32O8. The zero-order chi connectivity index (χ0) is 18.1. The average molecular weight is 364 g/mol. The van der Waals surface area contributed by atoms with Gasteiger partial charge >= 0.3 is 0 Å². The standard InChI is InChI=1S/2C6H12O3.C5H8O2/c1-8-6-2-3-9-4-5(6)7;1-8-6-4-9-3-2-5(6)7;1-2-6-3-5-4(1)7-5/h2*5-7H,2-4H2,1H3;4-5H,1-3H2/t2*5-,6-;/m01./s1. The molecule has 4 saturated heterocycles. The van der Waals surface area contributed by atoms with Crippen molar-refractivity contribution in [3.8, 4) is 0 Å². The number of aliphatic hydroxyl groups is 2. The van der Waals surface area contributed by atoms with Crippen molar-refractivity contribution in [1.29, 1.82) is 0 Å². The fraction of sp³-hybridized carbons (Fsp3) is 1.00. The Labute approximate surface area is 149 Å². The Morgan fingerprint density at radius 3 is 1.80 bits per heavy atom. The molecule has 4 heterocycles. The molecule has 0 amide bonds. The lowest BCUT2D eigenvalue weighted by molar-refractivity contribution is -0.102. The zero-order valence-corrected chi connectivity index (χ0v) is 15.2. The minimum Gasteiger partial charge on any atom is -0.390 e. The van der Waals surface area contributed by atoms with Gasteiger partial charge in [-0.05, 0) is 19.3 Å². The molecule has 0 bridgehead atoms. The fourth-order valence-electron chi connectivity index (χ4n) is 2.88. The van der Waals surface area contributed by atoms with Gasteiger partial charge < -0.3 is 38.6 Å². The van der Waals surface area contributed by atoms with Crippen LogP contribution >= 0.6 is 0 Å². The quantitative estimate of drug-likeness (QED) is 0.647. The highest BCUT2D eigenvalue weighted by Gasteiger charge is 2.41. The maximum atomic E-state index is 9.16. The summed E-state index contributed by atoms with van der Waals surface area (Å²) in [4.78, 5) is 0. The molecule has 4 rings (SSSR count). The number of fused-ring (bicyclic) bond motifs is 1. The second-order valence-electron chi connectivity index (χ2n) is 6.49. The summed E-state index contributed by atoms with van der Waals surface area (Å²) in [5.74, 6) is 0. The molecule has 6 atom stereocenters. The van der Waals surface area contributed by atoms with Crippen LogP contribution in [0.3, 0.4) is 0 Å². The van der Waals surface area contributed by atoms with Crippen LogP contribution in [0.2, 0.25) is 0 Å². The molecule has 8 nitrogen and oxygen atoms in total. The molecule has 8 heteroatoms. The van der Waals surface area contributed by atoms with Gasteiger partial charge in [0.1, 0.15) is 18.3 Å². The topological polar surface area (TPSA) is 99.1 Å². The normalized spacial score (nSPS) is 39.8. The summed E-state index contributed by atoms with van der Waals surface area (Å²) < 4.78 is 30.2. The highest BCUT2D eigenvalue weighted by molar-refractivity contribution is 4.86. The number of rotatable bonds is 2. The first-order valence-electron chi connectivity index (χ1n) is 8.96. The largest absolute Gasteiger partial charge is 0.390 e. The number of epoxide rings is 1. The van der Waals surface area contributed by atoms with Gasteiger partial charge in [0.25, 0.3) is 0 Å². The summed E-state index contributed by atoms with van der Waals surface area (Å²) in [6.07, 6.45) is 2.79. The Morgan fingerprint density at radius 2 is 1.32 bits per heavy atom. The van der Waals surface area contributed by atoms with E-state index in [2.05, 4.69) is 0 Å². The van der Waals surface area contributed by atoms with Gasteiger partial charge in [-0.25, -0.2) is 0 Å². The summed E-state index contributed by atoms with van der Waals surface area (Å²) >= 11 is 0. The van der Waals surface area contributed by atoms with E-state index in [9.17, 15) is 0 Å². The van der Waals surface area contributed by atoms with E-state index < -0.39 is 6.10 Å². The van der Waals surface area contributed by atoms with Crippen LogP contribution in [-0.2, 0) is 28.4 Å². The van der Waals surface area contributed by atoms with Gasteiger partial charge in [0.05, 0.1) is 38.1 Å². The highest BCUT2D eigenvalue weighted by atomic mass is 16.6. The smallest absolute Gasteiger partial charge is 0.107 e. The van der Waals surface area contributed by atoms with Gasteiger partial charge in [0, 0.05) is 34.0 Å². The first-order chi connectivity index (χ1) is 12.2. The highest BCUT2D eigenvalue weighted by Crippen LogP contribution is 2.28. The lowest BCUT2D eigenvalue weighted by Gasteiger charge is -2.25. The molecule has 0 aliphatic carbocycles. The first-order valence-corrected chi connectivity index (χ1v) is 8.96. The molecule has 4 aliphatic rings. The minimum absolute atomic E-state index is 0.0150. The molecule has 0 spiro atoms. The van der Waals surface area contributed by atoms with Crippen LogP contribution in [0.15, 0.2) is 0 Å². The van der Waals surface area contributed by atoms with Crippen LogP contribution in [0.5, 0.6) is 0 Å². The summed E-state index contributed by atoms with van der Waals surface area (Å²) in [5, 5.41) is 18.3. The lowest BCUT2D eigenvalue weighted by atomic mass is 10.1. The molecule has 4 fully saturated rings. The van der Waals surface area contributed by atoms with Gasteiger partial charge in [-0.2, -0.15) is 0 Å². The molecule has 2 N–H and O–H groups in total. The number of aliphatic hydroxyl groups excluding tert-OH is 2. The van der Waals surface area contributed by atoms with E-state index in [0.717, 1.165) is 26.1 Å². The third kappa shape index (κ3) is 7.44. The summed E-state index contributed by atoms with van der Waals surface area (Å²) in [6.45, 7) is 4.04. The fourth-order valence-corrected chi connectivity index (χ4v) is 2.88. The van der Waals surface area contributed by atoms with Crippen LogP contribution in [0.4, 0.5) is 0 Å². The summed E-state index contributed by atoms with van der Waals surface area (Å²) in [5.41, 5.74) is 0. The molecule has 2 unspecified atom stereocenters. The van der Waals surface area contributed by atoms with E-state index >= 15 is 0 Å². The van der Waals surface area contributed by atoms with E-state index in [4.69, 9.17) is 38.6 Å². The minimum atomic E-state index is -0.427. The van der Waals surface area contributed by atoms with Crippen LogP contribution in [0.1, 0.15) is 19.3 Å². The van der Waals surface area contributed by atoms with Crippen molar-refractivity contribution in [2.75, 3.05) is 53.9 Å². The van der Waals surface area contributed by atoms with Gasteiger partial charge in [0.15, 0.2) is 0 Å². The second-order valence-corrected chi connectivity index (χ2v) is 6.49. The maximum Gasteiger partial charge on any atom is 0.107 e. The van der Waals surface area contributed by atoms with E-state index in [1.54, 1.807) is 14.2 Å². The number of ether oxygens (including phenoxy) is 6. The third-order valence-electron chi connectivity index (χ3n) is 4.66. The van der Waals surface area contributed by atoms with Gasteiger partial charge in [-0.1, -0.05) is 0 Å². The maximum absolute atomic E-state index is 9.16. The van der Waals surface area contributed by atoms with Crippen LogP contribution < -0.4 is 0 Å². The molecular weight excluding hydrogens is 332 g/mol. The zero-order valence-electron chi connectivity index (χ0n) is 15.2. The lowest BCUT2D eigenvalue weighted by Crippen LogP contribution is -2.37. The van der Waals surface area contributed by atoms with Gasteiger partial charge in [-0.3, -0.25) is 0 Å². The Balaban J connectivity index is 0.000000136. The predicted octanol–water partition coefficient (Wildman–Crippen LogP) is -0.261. The second kappa shape index (κ2) is 11.4. The average Bonchev–Trinajstić information content (AvgIpc) is 3.43. The molecule has 4 aliphatic heterocycles.